The summed E-state index contributed by atoms with van der Waals surface area (Å²) in [5.41, 5.74) is 1.79. The Morgan fingerprint density at radius 1 is 1.00 bits per heavy atom. The van der Waals surface area contributed by atoms with Crippen LogP contribution in [0.2, 0.25) is 0 Å². The third-order valence-corrected chi connectivity index (χ3v) is 5.99. The lowest BCUT2D eigenvalue weighted by Crippen LogP contribution is -2.16. The standard InChI is InChI=1S/C19H17BrN2O4S/c1-12-3-6-16(21-19(23)17-9-10-26-13(17)2)11-18(12)27(24,25)22-15-7-4-14(20)5-8-15/h3-11,22H,1-2H3,(H,21,23). The van der Waals surface area contributed by atoms with Crippen molar-refractivity contribution < 1.29 is 17.6 Å². The zero-order valence-corrected chi connectivity index (χ0v) is 17.0. The number of carbonyl (C=O) groups excluding carboxylic acids is 1. The molecule has 0 saturated carbocycles. The molecular formula is C19H17BrN2O4S. The Bertz CT molecular complexity index is 1090. The first-order chi connectivity index (χ1) is 12.8. The van der Waals surface area contributed by atoms with Gasteiger partial charge in [-0.15, -0.1) is 0 Å². The SMILES string of the molecule is Cc1ccc(NC(=O)c2ccoc2C)cc1S(=O)(=O)Nc1ccc(Br)cc1. The molecule has 1 heterocycles. The maximum Gasteiger partial charge on any atom is 0.262 e. The van der Waals surface area contributed by atoms with Crippen molar-refractivity contribution in [1.82, 2.24) is 0 Å². The molecule has 0 saturated heterocycles. The van der Waals surface area contributed by atoms with Crippen LogP contribution in [0.3, 0.4) is 0 Å². The van der Waals surface area contributed by atoms with Crippen molar-refractivity contribution in [2.24, 2.45) is 0 Å². The maximum atomic E-state index is 12.8. The first-order valence-corrected chi connectivity index (χ1v) is 10.3. The largest absolute Gasteiger partial charge is 0.469 e. The number of aryl methyl sites for hydroxylation is 2. The lowest BCUT2D eigenvalue weighted by molar-refractivity contribution is 0.102. The molecule has 3 aromatic rings. The summed E-state index contributed by atoms with van der Waals surface area (Å²) in [6, 6.07) is 13.1. The van der Waals surface area contributed by atoms with Crippen LogP contribution in [0, 0.1) is 13.8 Å². The van der Waals surface area contributed by atoms with Gasteiger partial charge in [0, 0.05) is 15.8 Å². The number of hydrogen-bond donors (Lipinski definition) is 2. The Kier molecular flexibility index (Phi) is 5.38. The molecule has 2 N–H and O–H groups in total. The Labute approximate surface area is 165 Å². The van der Waals surface area contributed by atoms with Crippen molar-refractivity contribution in [3.63, 3.8) is 0 Å². The number of rotatable bonds is 5. The Morgan fingerprint density at radius 3 is 2.30 bits per heavy atom. The van der Waals surface area contributed by atoms with E-state index in [1.807, 2.05) is 0 Å². The van der Waals surface area contributed by atoms with Gasteiger partial charge in [0.1, 0.15) is 5.76 Å². The van der Waals surface area contributed by atoms with Gasteiger partial charge in [-0.25, -0.2) is 8.42 Å². The fraction of sp³-hybridized carbons (Fsp3) is 0.105. The van der Waals surface area contributed by atoms with Crippen molar-refractivity contribution in [1.29, 1.82) is 0 Å². The molecule has 2 aromatic carbocycles. The molecule has 8 heteroatoms. The van der Waals surface area contributed by atoms with Crippen LogP contribution >= 0.6 is 15.9 Å². The molecule has 0 aliphatic rings. The van der Waals surface area contributed by atoms with Crippen molar-refractivity contribution in [3.05, 3.63) is 76.2 Å². The smallest absolute Gasteiger partial charge is 0.262 e. The minimum absolute atomic E-state index is 0.0899. The average molecular weight is 449 g/mol. The van der Waals surface area contributed by atoms with Gasteiger partial charge in [-0.2, -0.15) is 0 Å². The van der Waals surface area contributed by atoms with Crippen molar-refractivity contribution in [2.75, 3.05) is 10.0 Å². The van der Waals surface area contributed by atoms with E-state index in [1.165, 1.54) is 12.3 Å². The van der Waals surface area contributed by atoms with E-state index in [4.69, 9.17) is 4.42 Å². The van der Waals surface area contributed by atoms with Gasteiger partial charge >= 0.3 is 0 Å². The molecule has 0 radical (unpaired) electrons. The highest BCUT2D eigenvalue weighted by Crippen LogP contribution is 2.24. The van der Waals surface area contributed by atoms with E-state index in [0.717, 1.165) is 4.47 Å². The van der Waals surface area contributed by atoms with Gasteiger partial charge in [0.05, 0.1) is 16.7 Å². The van der Waals surface area contributed by atoms with Crippen LogP contribution in [0.15, 0.2) is 68.6 Å². The molecule has 3 rings (SSSR count). The Morgan fingerprint density at radius 2 is 1.67 bits per heavy atom. The summed E-state index contributed by atoms with van der Waals surface area (Å²) < 4.78 is 34.1. The molecule has 6 nitrogen and oxygen atoms in total. The molecule has 1 amide bonds. The van der Waals surface area contributed by atoms with Crippen LogP contribution in [0.25, 0.3) is 0 Å². The highest BCUT2D eigenvalue weighted by molar-refractivity contribution is 9.10. The van der Waals surface area contributed by atoms with E-state index in [1.54, 1.807) is 56.3 Å². The molecule has 0 spiro atoms. The van der Waals surface area contributed by atoms with Gasteiger partial charge in [0.2, 0.25) is 0 Å². The van der Waals surface area contributed by atoms with E-state index in [9.17, 15) is 13.2 Å². The summed E-state index contributed by atoms with van der Waals surface area (Å²) >= 11 is 3.31. The van der Waals surface area contributed by atoms with Gasteiger partial charge in [-0.1, -0.05) is 22.0 Å². The van der Waals surface area contributed by atoms with E-state index < -0.39 is 10.0 Å². The molecular weight excluding hydrogens is 432 g/mol. The molecule has 0 aliphatic carbocycles. The minimum atomic E-state index is -3.81. The fourth-order valence-electron chi connectivity index (χ4n) is 2.51. The third kappa shape index (κ3) is 4.40. The molecule has 0 fully saturated rings. The molecule has 27 heavy (non-hydrogen) atoms. The van der Waals surface area contributed by atoms with Crippen molar-refractivity contribution in [2.45, 2.75) is 18.7 Å². The van der Waals surface area contributed by atoms with Crippen molar-refractivity contribution >= 4 is 43.2 Å². The summed E-state index contributed by atoms with van der Waals surface area (Å²) in [5, 5.41) is 2.70. The lowest BCUT2D eigenvalue weighted by atomic mass is 10.2. The molecule has 140 valence electrons. The summed E-state index contributed by atoms with van der Waals surface area (Å²) in [6.45, 7) is 3.38. The topological polar surface area (TPSA) is 88.4 Å². The predicted octanol–water partition coefficient (Wildman–Crippen LogP) is 4.71. The number of furan rings is 1. The van der Waals surface area contributed by atoms with Gasteiger partial charge < -0.3 is 9.73 Å². The van der Waals surface area contributed by atoms with E-state index in [-0.39, 0.29) is 10.8 Å². The molecule has 0 unspecified atom stereocenters. The monoisotopic (exact) mass is 448 g/mol. The zero-order chi connectivity index (χ0) is 19.6. The predicted molar refractivity (Wildman–Crippen MR) is 108 cm³/mol. The average Bonchev–Trinajstić information content (AvgIpc) is 3.04. The second-order valence-corrected chi connectivity index (χ2v) is 8.50. The van der Waals surface area contributed by atoms with Crippen LogP contribution in [0.5, 0.6) is 0 Å². The van der Waals surface area contributed by atoms with Gasteiger partial charge in [0.15, 0.2) is 0 Å². The van der Waals surface area contributed by atoms with Crippen LogP contribution in [0.4, 0.5) is 11.4 Å². The maximum absolute atomic E-state index is 12.8. The summed E-state index contributed by atoms with van der Waals surface area (Å²) in [7, 11) is -3.81. The van der Waals surface area contributed by atoms with E-state index >= 15 is 0 Å². The van der Waals surface area contributed by atoms with E-state index in [2.05, 4.69) is 26.0 Å². The highest BCUT2D eigenvalue weighted by atomic mass is 79.9. The van der Waals surface area contributed by atoms with Gasteiger partial charge in [-0.3, -0.25) is 9.52 Å². The zero-order valence-electron chi connectivity index (χ0n) is 14.6. The molecule has 1 aromatic heterocycles. The second-order valence-electron chi connectivity index (χ2n) is 5.94. The molecule has 0 bridgehead atoms. The number of halogens is 1. The normalized spacial score (nSPS) is 11.2. The van der Waals surface area contributed by atoms with Gasteiger partial charge in [-0.05, 0) is 61.9 Å². The first-order valence-electron chi connectivity index (χ1n) is 8.01. The van der Waals surface area contributed by atoms with Crippen LogP contribution in [0.1, 0.15) is 21.7 Å². The first kappa shape index (κ1) is 19.2. The number of anilines is 2. The van der Waals surface area contributed by atoms with Crippen LogP contribution in [-0.4, -0.2) is 14.3 Å². The summed E-state index contributed by atoms with van der Waals surface area (Å²) in [5.74, 6) is 0.124. The Hall–Kier alpha value is -2.58. The van der Waals surface area contributed by atoms with Crippen LogP contribution < -0.4 is 10.0 Å². The number of carbonyl (C=O) groups is 1. The molecule has 0 aliphatic heterocycles. The third-order valence-electron chi connectivity index (χ3n) is 3.94. The fourth-order valence-corrected chi connectivity index (χ4v) is 4.11. The van der Waals surface area contributed by atoms with Crippen LogP contribution in [-0.2, 0) is 10.0 Å². The Balaban J connectivity index is 1.87. The van der Waals surface area contributed by atoms with E-state index in [0.29, 0.717) is 28.3 Å². The second kappa shape index (κ2) is 7.58. The lowest BCUT2D eigenvalue weighted by Gasteiger charge is -2.13. The number of hydrogen-bond acceptors (Lipinski definition) is 4. The summed E-state index contributed by atoms with van der Waals surface area (Å²) in [4.78, 5) is 12.4. The number of nitrogens with one attached hydrogen (secondary N) is 2. The quantitative estimate of drug-likeness (QED) is 0.591. The highest BCUT2D eigenvalue weighted by Gasteiger charge is 2.19. The van der Waals surface area contributed by atoms with Crippen molar-refractivity contribution in [3.8, 4) is 0 Å². The number of benzene rings is 2. The minimum Gasteiger partial charge on any atom is -0.469 e. The number of amides is 1. The molecule has 0 atom stereocenters. The number of sulfonamides is 1. The summed E-state index contributed by atoms with van der Waals surface area (Å²) in [6.07, 6.45) is 1.43. The van der Waals surface area contributed by atoms with Gasteiger partial charge in [0.25, 0.3) is 15.9 Å².